The second-order valence-corrected chi connectivity index (χ2v) is 7.38. The third kappa shape index (κ3) is 2.86. The SMILES string of the molecule is Cc1cc(C)c(S(N)(=O)=O)cc1C(=O)NC1(C)CCC1. The van der Waals surface area contributed by atoms with Gasteiger partial charge >= 0.3 is 0 Å². The van der Waals surface area contributed by atoms with Crippen molar-refractivity contribution in [1.82, 2.24) is 5.32 Å². The van der Waals surface area contributed by atoms with Crippen LogP contribution in [0.25, 0.3) is 0 Å². The fourth-order valence-corrected chi connectivity index (χ4v) is 3.35. The van der Waals surface area contributed by atoms with Gasteiger partial charge in [0, 0.05) is 11.1 Å². The topological polar surface area (TPSA) is 89.3 Å². The summed E-state index contributed by atoms with van der Waals surface area (Å²) in [6.45, 7) is 5.46. The Bertz CT molecular complexity index is 661. The molecular weight excluding hydrogens is 276 g/mol. The lowest BCUT2D eigenvalue weighted by atomic mass is 9.78. The minimum absolute atomic E-state index is 0.00649. The number of primary sulfonamides is 1. The Balaban J connectivity index is 2.38. The second kappa shape index (κ2) is 4.86. The molecule has 0 saturated heterocycles. The van der Waals surface area contributed by atoms with Gasteiger partial charge in [0.2, 0.25) is 10.0 Å². The summed E-state index contributed by atoms with van der Waals surface area (Å²) in [5.74, 6) is -0.241. The predicted octanol–water partition coefficient (Wildman–Crippen LogP) is 1.62. The first-order valence-electron chi connectivity index (χ1n) is 6.59. The molecule has 3 N–H and O–H groups in total. The van der Waals surface area contributed by atoms with Crippen LogP contribution >= 0.6 is 0 Å². The van der Waals surface area contributed by atoms with Gasteiger partial charge < -0.3 is 5.32 Å². The zero-order valence-corrected chi connectivity index (χ0v) is 12.8. The van der Waals surface area contributed by atoms with Gasteiger partial charge in [0.05, 0.1) is 4.90 Å². The number of aryl methyl sites for hydroxylation is 2. The predicted molar refractivity (Wildman–Crippen MR) is 77.0 cm³/mol. The van der Waals surface area contributed by atoms with E-state index in [4.69, 9.17) is 5.14 Å². The summed E-state index contributed by atoms with van der Waals surface area (Å²) in [7, 11) is -3.82. The van der Waals surface area contributed by atoms with Crippen LogP contribution in [0.2, 0.25) is 0 Å². The summed E-state index contributed by atoms with van der Waals surface area (Å²) in [5, 5.41) is 8.16. The Labute approximate surface area is 119 Å². The Morgan fingerprint density at radius 3 is 2.30 bits per heavy atom. The van der Waals surface area contributed by atoms with Crippen LogP contribution in [0.4, 0.5) is 0 Å². The maximum Gasteiger partial charge on any atom is 0.252 e. The minimum atomic E-state index is -3.82. The summed E-state index contributed by atoms with van der Waals surface area (Å²) in [5.41, 5.74) is 1.50. The van der Waals surface area contributed by atoms with Crippen molar-refractivity contribution in [3.05, 3.63) is 28.8 Å². The fourth-order valence-electron chi connectivity index (χ4n) is 2.56. The molecule has 1 amide bonds. The Kier molecular flexibility index (Phi) is 3.64. The van der Waals surface area contributed by atoms with E-state index in [9.17, 15) is 13.2 Å². The molecule has 110 valence electrons. The molecule has 6 heteroatoms. The zero-order valence-electron chi connectivity index (χ0n) is 12.0. The van der Waals surface area contributed by atoms with Gasteiger partial charge in [0.1, 0.15) is 0 Å². The molecule has 0 spiro atoms. The van der Waals surface area contributed by atoms with Crippen LogP contribution in [0.15, 0.2) is 17.0 Å². The van der Waals surface area contributed by atoms with E-state index in [1.807, 2.05) is 6.92 Å². The zero-order chi connectivity index (χ0) is 15.1. The molecule has 1 fully saturated rings. The summed E-state index contributed by atoms with van der Waals surface area (Å²) >= 11 is 0. The normalized spacial score (nSPS) is 17.4. The van der Waals surface area contributed by atoms with E-state index in [1.54, 1.807) is 19.9 Å². The first-order chi connectivity index (χ1) is 9.12. The minimum Gasteiger partial charge on any atom is -0.347 e. The van der Waals surface area contributed by atoms with Crippen molar-refractivity contribution in [3.63, 3.8) is 0 Å². The highest BCUT2D eigenvalue weighted by Crippen LogP contribution is 2.31. The fraction of sp³-hybridized carbons (Fsp3) is 0.500. The van der Waals surface area contributed by atoms with Gasteiger partial charge in [-0.1, -0.05) is 6.07 Å². The van der Waals surface area contributed by atoms with E-state index in [2.05, 4.69) is 5.32 Å². The first kappa shape index (κ1) is 15.0. The van der Waals surface area contributed by atoms with Crippen molar-refractivity contribution in [2.75, 3.05) is 0 Å². The van der Waals surface area contributed by atoms with Crippen LogP contribution in [-0.2, 0) is 10.0 Å². The van der Waals surface area contributed by atoms with Crippen molar-refractivity contribution in [2.24, 2.45) is 5.14 Å². The van der Waals surface area contributed by atoms with Crippen molar-refractivity contribution >= 4 is 15.9 Å². The number of carbonyl (C=O) groups is 1. The molecule has 0 radical (unpaired) electrons. The van der Waals surface area contributed by atoms with Gasteiger partial charge in [-0.05, 0) is 57.2 Å². The largest absolute Gasteiger partial charge is 0.347 e. The van der Waals surface area contributed by atoms with Crippen molar-refractivity contribution < 1.29 is 13.2 Å². The van der Waals surface area contributed by atoms with Crippen molar-refractivity contribution in [1.29, 1.82) is 0 Å². The van der Waals surface area contributed by atoms with Crippen LogP contribution < -0.4 is 10.5 Å². The van der Waals surface area contributed by atoms with E-state index < -0.39 is 10.0 Å². The lowest BCUT2D eigenvalue weighted by molar-refractivity contribution is 0.0849. The molecule has 1 aromatic carbocycles. The molecular formula is C14H20N2O3S. The number of amides is 1. The van der Waals surface area contributed by atoms with Gasteiger partial charge in [-0.15, -0.1) is 0 Å². The maximum atomic E-state index is 12.3. The van der Waals surface area contributed by atoms with Crippen LogP contribution in [0.1, 0.15) is 47.7 Å². The quantitative estimate of drug-likeness (QED) is 0.888. The lowest BCUT2D eigenvalue weighted by Crippen LogP contribution is -2.51. The Morgan fingerprint density at radius 2 is 1.85 bits per heavy atom. The highest BCUT2D eigenvalue weighted by Gasteiger charge is 2.33. The second-order valence-electron chi connectivity index (χ2n) is 5.85. The van der Waals surface area contributed by atoms with Crippen LogP contribution in [0.3, 0.4) is 0 Å². The van der Waals surface area contributed by atoms with E-state index in [0.29, 0.717) is 11.1 Å². The van der Waals surface area contributed by atoms with E-state index in [-0.39, 0.29) is 16.3 Å². The van der Waals surface area contributed by atoms with Crippen LogP contribution in [0, 0.1) is 13.8 Å². The third-order valence-corrected chi connectivity index (χ3v) is 5.00. The van der Waals surface area contributed by atoms with Gasteiger partial charge in [0.25, 0.3) is 5.91 Å². The highest BCUT2D eigenvalue weighted by molar-refractivity contribution is 7.89. The number of nitrogens with one attached hydrogen (secondary N) is 1. The third-order valence-electron chi connectivity index (χ3n) is 3.95. The number of hydrogen-bond acceptors (Lipinski definition) is 3. The molecule has 2 rings (SSSR count). The standard InChI is InChI=1S/C14H20N2O3S/c1-9-7-10(2)12(20(15,18)19)8-11(9)13(17)16-14(3)5-4-6-14/h7-8H,4-6H2,1-3H3,(H,16,17)(H2,15,18,19). The number of hydrogen-bond donors (Lipinski definition) is 2. The van der Waals surface area contributed by atoms with Crippen molar-refractivity contribution in [3.8, 4) is 0 Å². The smallest absolute Gasteiger partial charge is 0.252 e. The molecule has 0 atom stereocenters. The molecule has 0 aliphatic heterocycles. The maximum absolute atomic E-state index is 12.3. The summed E-state index contributed by atoms with van der Waals surface area (Å²) < 4.78 is 23.1. The molecule has 1 aliphatic carbocycles. The number of benzene rings is 1. The summed E-state index contributed by atoms with van der Waals surface area (Å²) in [6.07, 6.45) is 3.00. The molecule has 1 saturated carbocycles. The average Bonchev–Trinajstić information content (AvgIpc) is 2.24. The Hall–Kier alpha value is -1.40. The molecule has 20 heavy (non-hydrogen) atoms. The molecule has 1 aromatic rings. The summed E-state index contributed by atoms with van der Waals surface area (Å²) in [4.78, 5) is 12.3. The number of carbonyl (C=O) groups excluding carboxylic acids is 1. The van der Waals surface area contributed by atoms with Gasteiger partial charge in [0.15, 0.2) is 0 Å². The summed E-state index contributed by atoms with van der Waals surface area (Å²) in [6, 6.07) is 3.05. The first-order valence-corrected chi connectivity index (χ1v) is 8.14. The van der Waals surface area contributed by atoms with Gasteiger partial charge in [-0.25, -0.2) is 13.6 Å². The monoisotopic (exact) mass is 296 g/mol. The molecule has 0 heterocycles. The number of nitrogens with two attached hydrogens (primary N) is 1. The average molecular weight is 296 g/mol. The van der Waals surface area contributed by atoms with Gasteiger partial charge in [-0.2, -0.15) is 0 Å². The van der Waals surface area contributed by atoms with E-state index >= 15 is 0 Å². The van der Waals surface area contributed by atoms with E-state index in [0.717, 1.165) is 24.8 Å². The molecule has 1 aliphatic rings. The number of rotatable bonds is 3. The van der Waals surface area contributed by atoms with Crippen LogP contribution in [-0.4, -0.2) is 19.9 Å². The molecule has 5 nitrogen and oxygen atoms in total. The van der Waals surface area contributed by atoms with Crippen molar-refractivity contribution in [2.45, 2.75) is 50.5 Å². The molecule has 0 unspecified atom stereocenters. The number of sulfonamides is 1. The molecule has 0 aromatic heterocycles. The Morgan fingerprint density at radius 1 is 1.25 bits per heavy atom. The van der Waals surface area contributed by atoms with Crippen LogP contribution in [0.5, 0.6) is 0 Å². The van der Waals surface area contributed by atoms with Gasteiger partial charge in [-0.3, -0.25) is 4.79 Å². The molecule has 0 bridgehead atoms. The highest BCUT2D eigenvalue weighted by atomic mass is 32.2. The van der Waals surface area contributed by atoms with E-state index in [1.165, 1.54) is 6.07 Å². The lowest BCUT2D eigenvalue weighted by Gasteiger charge is -2.39.